The highest BCUT2D eigenvalue weighted by Gasteiger charge is 2.23. The lowest BCUT2D eigenvalue weighted by Crippen LogP contribution is -2.42. The van der Waals surface area contributed by atoms with Gasteiger partial charge in [0.1, 0.15) is 6.04 Å². The Morgan fingerprint density at radius 3 is 2.68 bits per heavy atom. The third-order valence-electron chi connectivity index (χ3n) is 3.31. The maximum Gasteiger partial charge on any atom is 0.326 e. The number of aliphatic carboxylic acids is 1. The van der Waals surface area contributed by atoms with Crippen molar-refractivity contribution in [1.82, 2.24) is 19.9 Å². The highest BCUT2D eigenvalue weighted by Crippen LogP contribution is 2.15. The van der Waals surface area contributed by atoms with Gasteiger partial charge in [0.15, 0.2) is 0 Å². The second-order valence-electron chi connectivity index (χ2n) is 6.12. The molecule has 0 unspecified atom stereocenters. The summed E-state index contributed by atoms with van der Waals surface area (Å²) in [6.07, 6.45) is 6.68. The van der Waals surface area contributed by atoms with E-state index in [0.717, 1.165) is 0 Å². The summed E-state index contributed by atoms with van der Waals surface area (Å²) in [4.78, 5) is 30.2. The van der Waals surface area contributed by atoms with E-state index >= 15 is 0 Å². The average molecular weight is 304 g/mol. The third-order valence-corrected chi connectivity index (χ3v) is 3.31. The molecule has 2 aromatic rings. The zero-order chi connectivity index (χ0) is 16.3. The molecule has 0 spiro atoms. The van der Waals surface area contributed by atoms with E-state index in [2.05, 4.69) is 15.3 Å². The van der Waals surface area contributed by atoms with Crippen molar-refractivity contribution in [1.29, 1.82) is 0 Å². The van der Waals surface area contributed by atoms with Crippen LogP contribution < -0.4 is 5.32 Å². The van der Waals surface area contributed by atoms with Crippen molar-refractivity contribution in [3.05, 3.63) is 42.2 Å². The second-order valence-corrected chi connectivity index (χ2v) is 6.12. The van der Waals surface area contributed by atoms with Crippen molar-refractivity contribution < 1.29 is 14.7 Å². The summed E-state index contributed by atoms with van der Waals surface area (Å²) < 4.78 is 1.91. The fraction of sp³-hybridized carbons (Fsp3) is 0.400. The first kappa shape index (κ1) is 15.8. The summed E-state index contributed by atoms with van der Waals surface area (Å²) in [5.74, 6) is -1.49. The van der Waals surface area contributed by atoms with Crippen LogP contribution in [0.15, 0.2) is 31.0 Å². The molecule has 0 saturated carbocycles. The van der Waals surface area contributed by atoms with E-state index < -0.39 is 17.9 Å². The highest BCUT2D eigenvalue weighted by atomic mass is 16.4. The predicted molar refractivity (Wildman–Crippen MR) is 80.6 cm³/mol. The molecule has 0 saturated heterocycles. The number of aromatic nitrogens is 3. The van der Waals surface area contributed by atoms with Crippen LogP contribution in [0, 0.1) is 0 Å². The zero-order valence-electron chi connectivity index (χ0n) is 12.8. The number of carbonyl (C=O) groups excluding carboxylic acids is 1. The van der Waals surface area contributed by atoms with Gasteiger partial charge in [0.25, 0.3) is 5.91 Å². The lowest BCUT2D eigenvalue weighted by Gasteiger charge is -2.20. The van der Waals surface area contributed by atoms with E-state index in [1.165, 1.54) is 12.5 Å². The van der Waals surface area contributed by atoms with Gasteiger partial charge in [-0.15, -0.1) is 0 Å². The monoisotopic (exact) mass is 304 g/mol. The van der Waals surface area contributed by atoms with Crippen LogP contribution in [0.1, 0.15) is 36.8 Å². The van der Waals surface area contributed by atoms with Gasteiger partial charge in [0, 0.05) is 36.2 Å². The van der Waals surface area contributed by atoms with E-state index in [0.29, 0.717) is 11.3 Å². The van der Waals surface area contributed by atoms with Crippen LogP contribution in [0.2, 0.25) is 0 Å². The van der Waals surface area contributed by atoms with E-state index in [1.807, 2.05) is 25.3 Å². The van der Waals surface area contributed by atoms with Crippen LogP contribution in [0.25, 0.3) is 0 Å². The van der Waals surface area contributed by atoms with Gasteiger partial charge < -0.3 is 20.0 Å². The lowest BCUT2D eigenvalue weighted by molar-refractivity contribution is -0.139. The molecule has 2 aromatic heterocycles. The Hall–Kier alpha value is -2.57. The smallest absolute Gasteiger partial charge is 0.326 e. The Bertz CT molecular complexity index is 653. The number of carboxylic acids is 1. The molecule has 118 valence electrons. The van der Waals surface area contributed by atoms with Crippen LogP contribution in [0.5, 0.6) is 0 Å². The second kappa shape index (κ2) is 6.05. The molecule has 22 heavy (non-hydrogen) atoms. The van der Waals surface area contributed by atoms with Gasteiger partial charge in [-0.1, -0.05) is 0 Å². The van der Waals surface area contributed by atoms with Gasteiger partial charge in [0.05, 0.1) is 11.9 Å². The maximum absolute atomic E-state index is 12.2. The Labute approximate surface area is 128 Å². The molecular formula is C15H20N4O3. The van der Waals surface area contributed by atoms with Gasteiger partial charge in [0.2, 0.25) is 0 Å². The fourth-order valence-corrected chi connectivity index (χ4v) is 2.01. The summed E-state index contributed by atoms with van der Waals surface area (Å²) in [5, 5.41) is 11.8. The highest BCUT2D eigenvalue weighted by molar-refractivity contribution is 5.96. The molecule has 2 rings (SSSR count). The molecule has 0 aliphatic carbocycles. The first-order chi connectivity index (χ1) is 10.3. The van der Waals surface area contributed by atoms with Crippen molar-refractivity contribution in [3.63, 3.8) is 0 Å². The SMILES string of the molecule is CC(C)(C)n1ccc(C(=O)N[C@@H](Cc2cnc[nH]2)C(=O)O)c1. The number of imidazole rings is 1. The summed E-state index contributed by atoms with van der Waals surface area (Å²) in [6.45, 7) is 6.06. The minimum atomic E-state index is -1.08. The first-order valence-electron chi connectivity index (χ1n) is 6.97. The molecule has 0 aliphatic heterocycles. The van der Waals surface area contributed by atoms with E-state index in [-0.39, 0.29) is 12.0 Å². The molecule has 7 heteroatoms. The molecule has 0 fully saturated rings. The number of carboxylic acid groups (broad SMARTS) is 1. The van der Waals surface area contributed by atoms with Crippen molar-refractivity contribution in [2.75, 3.05) is 0 Å². The Balaban J connectivity index is 2.08. The third kappa shape index (κ3) is 3.75. The molecule has 0 bridgehead atoms. The lowest BCUT2D eigenvalue weighted by atomic mass is 10.1. The number of rotatable bonds is 5. The Morgan fingerprint density at radius 2 is 2.18 bits per heavy atom. The number of hydrogen-bond acceptors (Lipinski definition) is 3. The van der Waals surface area contributed by atoms with Crippen LogP contribution in [-0.4, -0.2) is 37.6 Å². The molecule has 2 heterocycles. The summed E-state index contributed by atoms with van der Waals surface area (Å²) >= 11 is 0. The van der Waals surface area contributed by atoms with Gasteiger partial charge in [-0.25, -0.2) is 9.78 Å². The van der Waals surface area contributed by atoms with E-state index in [1.54, 1.807) is 18.5 Å². The summed E-state index contributed by atoms with van der Waals surface area (Å²) in [7, 11) is 0. The first-order valence-corrected chi connectivity index (χ1v) is 6.97. The normalized spacial score (nSPS) is 12.9. The fourth-order valence-electron chi connectivity index (χ4n) is 2.01. The van der Waals surface area contributed by atoms with Crippen LogP contribution in [0.4, 0.5) is 0 Å². The molecular weight excluding hydrogens is 284 g/mol. The number of amides is 1. The number of H-pyrrole nitrogens is 1. The summed E-state index contributed by atoms with van der Waals surface area (Å²) in [5.41, 5.74) is 0.950. The van der Waals surface area contributed by atoms with Crippen molar-refractivity contribution in [3.8, 4) is 0 Å². The number of nitrogens with zero attached hydrogens (tertiary/aromatic N) is 2. The van der Waals surface area contributed by atoms with Crippen molar-refractivity contribution in [2.45, 2.75) is 38.8 Å². The van der Waals surface area contributed by atoms with Gasteiger partial charge >= 0.3 is 5.97 Å². The Kier molecular flexibility index (Phi) is 4.35. The number of nitrogens with one attached hydrogen (secondary N) is 2. The quantitative estimate of drug-likeness (QED) is 0.777. The minimum absolute atomic E-state index is 0.138. The maximum atomic E-state index is 12.2. The predicted octanol–water partition coefficient (Wildman–Crippen LogP) is 1.39. The average Bonchev–Trinajstić information content (AvgIpc) is 3.08. The topological polar surface area (TPSA) is 100 Å². The van der Waals surface area contributed by atoms with Crippen molar-refractivity contribution >= 4 is 11.9 Å². The molecule has 7 nitrogen and oxygen atoms in total. The van der Waals surface area contributed by atoms with Crippen LogP contribution >= 0.6 is 0 Å². The van der Waals surface area contributed by atoms with Gasteiger partial charge in [-0.2, -0.15) is 0 Å². The van der Waals surface area contributed by atoms with E-state index in [4.69, 9.17) is 0 Å². The molecule has 1 amide bonds. The molecule has 0 aliphatic rings. The van der Waals surface area contributed by atoms with Gasteiger partial charge in [-0.3, -0.25) is 4.79 Å². The molecule has 0 radical (unpaired) electrons. The van der Waals surface area contributed by atoms with Crippen LogP contribution in [0.3, 0.4) is 0 Å². The Morgan fingerprint density at radius 1 is 1.45 bits per heavy atom. The van der Waals surface area contributed by atoms with Crippen molar-refractivity contribution in [2.24, 2.45) is 0 Å². The zero-order valence-corrected chi connectivity index (χ0v) is 12.8. The molecule has 1 atom stereocenters. The van der Waals surface area contributed by atoms with E-state index in [9.17, 15) is 14.7 Å². The number of hydrogen-bond donors (Lipinski definition) is 3. The number of aromatic amines is 1. The standard InChI is InChI=1S/C15H20N4O3/c1-15(2,3)19-5-4-10(8-19)13(20)18-12(14(21)22)6-11-7-16-9-17-11/h4-5,7-9,12H,6H2,1-3H3,(H,16,17)(H,18,20)(H,21,22)/t12-/m0/s1. The number of carbonyl (C=O) groups is 2. The van der Waals surface area contributed by atoms with Crippen LogP contribution in [-0.2, 0) is 16.8 Å². The minimum Gasteiger partial charge on any atom is -0.480 e. The summed E-state index contributed by atoms with van der Waals surface area (Å²) in [6, 6.07) is 0.668. The van der Waals surface area contributed by atoms with Gasteiger partial charge in [-0.05, 0) is 26.8 Å². The largest absolute Gasteiger partial charge is 0.480 e. The molecule has 3 N–H and O–H groups in total. The molecule has 0 aromatic carbocycles.